The molecular weight excluding hydrogens is 503 g/mol. The highest BCUT2D eigenvalue weighted by molar-refractivity contribution is 5.96. The maximum absolute atomic E-state index is 14.5. The number of halogens is 1. The van der Waals surface area contributed by atoms with E-state index < -0.39 is 5.82 Å². The van der Waals surface area contributed by atoms with Crippen molar-refractivity contribution < 1.29 is 14.0 Å². The topological polar surface area (TPSA) is 56.8 Å². The molecular formula is C33H37FN4O2. The summed E-state index contributed by atoms with van der Waals surface area (Å²) < 4.78 is 14.5. The van der Waals surface area contributed by atoms with E-state index in [1.54, 1.807) is 24.1 Å². The first-order chi connectivity index (χ1) is 19.3. The standard InChI is InChI=1S/C33H37FN4O2/c1-23-3-7-27(29(34)21-23)32(40)36(2)30-8-6-24-4-5-25(22-28(24)30)31(39)38-19-13-33(14-20-38)11-17-37(18-12-33)26-9-15-35-16-10-26/h3-5,7,9-10,15-16,21-22,30H,6,8,11-14,17-20H2,1-2H3. The molecule has 1 aliphatic carbocycles. The van der Waals surface area contributed by atoms with Crippen LogP contribution < -0.4 is 4.90 Å². The monoisotopic (exact) mass is 540 g/mol. The lowest BCUT2D eigenvalue weighted by atomic mass is 9.71. The number of carbonyl (C=O) groups is 2. The molecule has 2 fully saturated rings. The van der Waals surface area contributed by atoms with E-state index in [0.717, 1.165) is 81.4 Å². The molecule has 3 heterocycles. The number of hydrogen-bond donors (Lipinski definition) is 0. The van der Waals surface area contributed by atoms with Gasteiger partial charge in [-0.2, -0.15) is 0 Å². The van der Waals surface area contributed by atoms with Crippen LogP contribution in [0.25, 0.3) is 0 Å². The predicted molar refractivity (Wildman–Crippen MR) is 154 cm³/mol. The summed E-state index contributed by atoms with van der Waals surface area (Å²) in [6.07, 6.45) is 9.69. The maximum atomic E-state index is 14.5. The Hall–Kier alpha value is -3.74. The Kier molecular flexibility index (Phi) is 7.07. The molecule has 0 N–H and O–H groups in total. The molecule has 40 heavy (non-hydrogen) atoms. The molecule has 1 unspecified atom stereocenters. The van der Waals surface area contributed by atoms with Crippen molar-refractivity contribution in [2.45, 2.75) is 51.5 Å². The molecule has 6 nitrogen and oxygen atoms in total. The fraction of sp³-hybridized carbons (Fsp3) is 0.424. The minimum absolute atomic E-state index is 0.0658. The maximum Gasteiger partial charge on any atom is 0.257 e. The fourth-order valence-electron chi connectivity index (χ4n) is 6.90. The molecule has 2 aromatic carbocycles. The average molecular weight is 541 g/mol. The molecule has 2 aliphatic heterocycles. The van der Waals surface area contributed by atoms with Crippen LogP contribution in [-0.4, -0.2) is 59.8 Å². The van der Waals surface area contributed by atoms with Crippen molar-refractivity contribution in [2.24, 2.45) is 5.41 Å². The number of aromatic nitrogens is 1. The van der Waals surface area contributed by atoms with Crippen LogP contribution in [0.15, 0.2) is 60.9 Å². The lowest BCUT2D eigenvalue weighted by Crippen LogP contribution is -2.48. The van der Waals surface area contributed by atoms with Gasteiger partial charge in [-0.1, -0.05) is 12.1 Å². The first-order valence-electron chi connectivity index (χ1n) is 14.4. The summed E-state index contributed by atoms with van der Waals surface area (Å²) in [5, 5.41) is 0. The van der Waals surface area contributed by atoms with E-state index in [4.69, 9.17) is 0 Å². The van der Waals surface area contributed by atoms with E-state index in [1.165, 1.54) is 11.8 Å². The Bertz CT molecular complexity index is 1410. The van der Waals surface area contributed by atoms with Crippen molar-refractivity contribution in [3.05, 3.63) is 94.6 Å². The van der Waals surface area contributed by atoms with Crippen molar-refractivity contribution in [2.75, 3.05) is 38.1 Å². The van der Waals surface area contributed by atoms with Crippen LogP contribution in [-0.2, 0) is 6.42 Å². The van der Waals surface area contributed by atoms with E-state index in [1.807, 2.05) is 42.4 Å². The highest BCUT2D eigenvalue weighted by Gasteiger charge is 2.39. The molecule has 1 spiro atoms. The van der Waals surface area contributed by atoms with E-state index in [2.05, 4.69) is 22.0 Å². The van der Waals surface area contributed by atoms with Crippen molar-refractivity contribution >= 4 is 17.5 Å². The summed E-state index contributed by atoms with van der Waals surface area (Å²) in [5.74, 6) is -0.760. The Labute approximate surface area is 235 Å². The van der Waals surface area contributed by atoms with Crippen LogP contribution >= 0.6 is 0 Å². The van der Waals surface area contributed by atoms with Gasteiger partial charge in [-0.3, -0.25) is 14.6 Å². The molecule has 1 aromatic heterocycles. The van der Waals surface area contributed by atoms with Gasteiger partial charge in [-0.05, 0) is 104 Å². The van der Waals surface area contributed by atoms with Gasteiger partial charge in [0.2, 0.25) is 0 Å². The summed E-state index contributed by atoms with van der Waals surface area (Å²) in [6, 6.07) is 14.6. The molecule has 208 valence electrons. The Morgan fingerprint density at radius 2 is 1.65 bits per heavy atom. The normalized spacial score (nSPS) is 19.9. The third-order valence-corrected chi connectivity index (χ3v) is 9.55. The molecule has 0 saturated carbocycles. The molecule has 6 rings (SSSR count). The molecule has 3 aliphatic rings. The minimum atomic E-state index is -0.495. The third kappa shape index (κ3) is 4.98. The van der Waals surface area contributed by atoms with Gasteiger partial charge in [-0.25, -0.2) is 4.39 Å². The quantitative estimate of drug-likeness (QED) is 0.419. The number of likely N-dealkylation sites (tertiary alicyclic amines) is 1. The van der Waals surface area contributed by atoms with Crippen LogP contribution in [0, 0.1) is 18.2 Å². The number of pyridine rings is 1. The SMILES string of the molecule is Cc1ccc(C(=O)N(C)C2CCc3ccc(C(=O)N4CCC5(CC4)CCN(c4ccncc4)CC5)cc32)c(F)c1. The first kappa shape index (κ1) is 26.5. The van der Waals surface area contributed by atoms with Crippen LogP contribution in [0.5, 0.6) is 0 Å². The van der Waals surface area contributed by atoms with Crippen molar-refractivity contribution in [3.8, 4) is 0 Å². The van der Waals surface area contributed by atoms with Gasteiger partial charge in [0.25, 0.3) is 11.8 Å². The summed E-state index contributed by atoms with van der Waals surface area (Å²) >= 11 is 0. The summed E-state index contributed by atoms with van der Waals surface area (Å²) in [6.45, 7) is 5.45. The first-order valence-corrected chi connectivity index (χ1v) is 14.4. The zero-order valence-electron chi connectivity index (χ0n) is 23.4. The van der Waals surface area contributed by atoms with Gasteiger partial charge in [0, 0.05) is 56.9 Å². The zero-order valence-corrected chi connectivity index (χ0v) is 23.4. The zero-order chi connectivity index (χ0) is 27.9. The van der Waals surface area contributed by atoms with E-state index in [9.17, 15) is 14.0 Å². The van der Waals surface area contributed by atoms with E-state index in [-0.39, 0.29) is 23.4 Å². The van der Waals surface area contributed by atoms with Gasteiger partial charge < -0.3 is 14.7 Å². The van der Waals surface area contributed by atoms with E-state index in [0.29, 0.717) is 11.0 Å². The van der Waals surface area contributed by atoms with Gasteiger partial charge in [0.15, 0.2) is 0 Å². The second-order valence-corrected chi connectivity index (χ2v) is 11.9. The lowest BCUT2D eigenvalue weighted by Gasteiger charge is -2.47. The fourth-order valence-corrected chi connectivity index (χ4v) is 6.90. The third-order valence-electron chi connectivity index (χ3n) is 9.55. The Balaban J connectivity index is 1.10. The molecule has 0 radical (unpaired) electrons. The number of hydrogen-bond acceptors (Lipinski definition) is 4. The molecule has 2 saturated heterocycles. The van der Waals surface area contributed by atoms with Crippen LogP contribution in [0.1, 0.15) is 75.6 Å². The minimum Gasteiger partial charge on any atom is -0.371 e. The predicted octanol–water partition coefficient (Wildman–Crippen LogP) is 5.81. The largest absolute Gasteiger partial charge is 0.371 e. The van der Waals surface area contributed by atoms with Crippen molar-refractivity contribution in [1.29, 1.82) is 0 Å². The van der Waals surface area contributed by atoms with Crippen molar-refractivity contribution in [1.82, 2.24) is 14.8 Å². The molecule has 1 atom stereocenters. The number of benzene rings is 2. The smallest absolute Gasteiger partial charge is 0.257 e. The molecule has 3 aromatic rings. The number of aryl methyl sites for hydroxylation is 2. The number of rotatable bonds is 4. The highest BCUT2D eigenvalue weighted by atomic mass is 19.1. The summed E-state index contributed by atoms with van der Waals surface area (Å²) in [7, 11) is 1.74. The van der Waals surface area contributed by atoms with Crippen LogP contribution in [0.4, 0.5) is 10.1 Å². The number of carbonyl (C=O) groups excluding carboxylic acids is 2. The number of nitrogens with zero attached hydrogens (tertiary/aromatic N) is 4. The number of anilines is 1. The summed E-state index contributed by atoms with van der Waals surface area (Å²) in [5.41, 5.74) is 5.26. The average Bonchev–Trinajstić information content (AvgIpc) is 3.41. The highest BCUT2D eigenvalue weighted by Crippen LogP contribution is 2.43. The second kappa shape index (κ2) is 10.7. The van der Waals surface area contributed by atoms with Gasteiger partial charge in [0.05, 0.1) is 11.6 Å². The number of amides is 2. The van der Waals surface area contributed by atoms with Gasteiger partial charge in [0.1, 0.15) is 5.82 Å². The van der Waals surface area contributed by atoms with Crippen molar-refractivity contribution in [3.63, 3.8) is 0 Å². The Morgan fingerprint density at radius 3 is 2.35 bits per heavy atom. The van der Waals surface area contributed by atoms with E-state index >= 15 is 0 Å². The number of fused-ring (bicyclic) bond motifs is 1. The molecule has 0 bridgehead atoms. The second-order valence-electron chi connectivity index (χ2n) is 11.9. The molecule has 2 amide bonds. The van der Waals surface area contributed by atoms with Crippen LogP contribution in [0.2, 0.25) is 0 Å². The number of piperidine rings is 2. The summed E-state index contributed by atoms with van der Waals surface area (Å²) in [4.78, 5) is 37.0. The Morgan fingerprint density at radius 1 is 0.950 bits per heavy atom. The lowest BCUT2D eigenvalue weighted by molar-refractivity contribution is 0.0515. The van der Waals surface area contributed by atoms with Gasteiger partial charge >= 0.3 is 0 Å². The molecule has 7 heteroatoms. The van der Waals surface area contributed by atoms with Gasteiger partial charge in [-0.15, -0.1) is 0 Å². The van der Waals surface area contributed by atoms with Crippen LogP contribution in [0.3, 0.4) is 0 Å².